The number of thioether (sulfide) groups is 1. The van der Waals surface area contributed by atoms with Gasteiger partial charge in [-0.25, -0.2) is 4.98 Å². The fourth-order valence-electron chi connectivity index (χ4n) is 2.32. The van der Waals surface area contributed by atoms with Crippen molar-refractivity contribution in [2.45, 2.75) is 45.7 Å². The van der Waals surface area contributed by atoms with Crippen LogP contribution in [0.25, 0.3) is 10.9 Å². The minimum absolute atomic E-state index is 0.0744. The molecule has 2 aromatic rings. The zero-order valence-electron chi connectivity index (χ0n) is 13.2. The molecule has 0 saturated heterocycles. The van der Waals surface area contributed by atoms with Crippen LogP contribution in [0.15, 0.2) is 23.2 Å². The highest BCUT2D eigenvalue weighted by atomic mass is 32.2. The van der Waals surface area contributed by atoms with Crippen molar-refractivity contribution in [3.8, 4) is 0 Å². The lowest BCUT2D eigenvalue weighted by Crippen LogP contribution is -2.13. The van der Waals surface area contributed by atoms with Gasteiger partial charge in [0.2, 0.25) is 0 Å². The van der Waals surface area contributed by atoms with Gasteiger partial charge in [0, 0.05) is 5.39 Å². The van der Waals surface area contributed by atoms with Gasteiger partial charge in [-0.15, -0.1) is 0 Å². The number of hydrogen-bond donors (Lipinski definition) is 0. The van der Waals surface area contributed by atoms with Gasteiger partial charge in [0.15, 0.2) is 0 Å². The van der Waals surface area contributed by atoms with Crippen molar-refractivity contribution in [3.05, 3.63) is 34.9 Å². The van der Waals surface area contributed by atoms with Gasteiger partial charge in [-0.2, -0.15) is 0 Å². The molecule has 0 unspecified atom stereocenters. The summed E-state index contributed by atoms with van der Waals surface area (Å²) in [4.78, 5) is 16.3. The third-order valence-electron chi connectivity index (χ3n) is 3.14. The van der Waals surface area contributed by atoms with Gasteiger partial charge in [-0.1, -0.05) is 23.4 Å². The Kier molecular flexibility index (Phi) is 4.88. The third kappa shape index (κ3) is 3.97. The molecule has 0 bridgehead atoms. The van der Waals surface area contributed by atoms with Crippen molar-refractivity contribution in [2.24, 2.45) is 0 Å². The molecule has 0 aliphatic carbocycles. The number of carbonyl (C=O) groups excluding carboxylic acids is 1. The van der Waals surface area contributed by atoms with Crippen molar-refractivity contribution in [1.82, 2.24) is 4.98 Å². The van der Waals surface area contributed by atoms with Crippen LogP contribution in [0.4, 0.5) is 0 Å². The zero-order valence-corrected chi connectivity index (χ0v) is 14.0. The first-order chi connectivity index (χ1) is 9.86. The first-order valence-electron chi connectivity index (χ1n) is 7.07. The van der Waals surface area contributed by atoms with E-state index in [2.05, 4.69) is 37.9 Å². The lowest BCUT2D eigenvalue weighted by Gasteiger charge is -2.10. The molecule has 1 aromatic carbocycles. The minimum Gasteiger partial charge on any atom is -0.462 e. The highest BCUT2D eigenvalue weighted by Crippen LogP contribution is 2.26. The van der Waals surface area contributed by atoms with E-state index in [1.54, 1.807) is 0 Å². The first kappa shape index (κ1) is 15.8. The Morgan fingerprint density at radius 1 is 1.19 bits per heavy atom. The average Bonchev–Trinajstić information content (AvgIpc) is 2.37. The molecule has 1 aromatic heterocycles. The van der Waals surface area contributed by atoms with E-state index in [4.69, 9.17) is 4.74 Å². The summed E-state index contributed by atoms with van der Waals surface area (Å²) in [5, 5.41) is 2.05. The van der Waals surface area contributed by atoms with Crippen molar-refractivity contribution in [1.29, 1.82) is 0 Å². The molecule has 4 heteroatoms. The van der Waals surface area contributed by atoms with E-state index in [-0.39, 0.29) is 12.1 Å². The lowest BCUT2D eigenvalue weighted by atomic mass is 10.0. The number of hydrogen-bond acceptors (Lipinski definition) is 4. The van der Waals surface area contributed by atoms with Crippen LogP contribution in [0.2, 0.25) is 0 Å². The van der Waals surface area contributed by atoms with Gasteiger partial charge >= 0.3 is 5.97 Å². The van der Waals surface area contributed by atoms with Gasteiger partial charge in [-0.3, -0.25) is 4.79 Å². The Balaban J connectivity index is 2.24. The van der Waals surface area contributed by atoms with E-state index in [0.717, 1.165) is 10.5 Å². The van der Waals surface area contributed by atoms with Crippen molar-refractivity contribution >= 4 is 28.6 Å². The maximum Gasteiger partial charge on any atom is 0.316 e. The smallest absolute Gasteiger partial charge is 0.316 e. The molecule has 112 valence electrons. The molecule has 0 saturated carbocycles. The summed E-state index contributed by atoms with van der Waals surface area (Å²) in [6.45, 7) is 9.96. The summed E-state index contributed by atoms with van der Waals surface area (Å²) in [6, 6.07) is 6.33. The molecule has 0 N–H and O–H groups in total. The van der Waals surface area contributed by atoms with Gasteiger partial charge in [-0.05, 0) is 57.9 Å². The number of aromatic nitrogens is 1. The number of ether oxygens (including phenoxy) is 1. The van der Waals surface area contributed by atoms with Gasteiger partial charge in [0.1, 0.15) is 0 Å². The number of aryl methyl sites for hydroxylation is 3. The van der Waals surface area contributed by atoms with Crippen LogP contribution < -0.4 is 0 Å². The Labute approximate surface area is 130 Å². The number of fused-ring (bicyclic) bond motifs is 1. The lowest BCUT2D eigenvalue weighted by molar-refractivity contribution is -0.144. The number of nitrogens with zero attached hydrogens (tertiary/aromatic N) is 1. The topological polar surface area (TPSA) is 39.2 Å². The van der Waals surface area contributed by atoms with E-state index in [0.29, 0.717) is 5.75 Å². The van der Waals surface area contributed by atoms with Gasteiger partial charge < -0.3 is 4.74 Å². The molecule has 0 radical (unpaired) electrons. The van der Waals surface area contributed by atoms with Crippen LogP contribution in [-0.4, -0.2) is 22.8 Å². The molecular formula is C17H21NO2S. The number of pyridine rings is 1. The Morgan fingerprint density at radius 3 is 2.57 bits per heavy atom. The molecule has 21 heavy (non-hydrogen) atoms. The quantitative estimate of drug-likeness (QED) is 0.627. The molecule has 0 amide bonds. The fraction of sp³-hybridized carbons (Fsp3) is 0.412. The maximum absolute atomic E-state index is 11.6. The minimum atomic E-state index is -0.199. The maximum atomic E-state index is 11.6. The second kappa shape index (κ2) is 6.48. The molecule has 0 spiro atoms. The molecular weight excluding hydrogens is 282 g/mol. The van der Waals surface area contributed by atoms with Crippen LogP contribution in [0, 0.1) is 20.8 Å². The Hall–Kier alpha value is -1.55. The Morgan fingerprint density at radius 2 is 1.90 bits per heavy atom. The van der Waals surface area contributed by atoms with E-state index >= 15 is 0 Å². The van der Waals surface area contributed by atoms with Crippen LogP contribution in [0.5, 0.6) is 0 Å². The average molecular weight is 303 g/mol. The summed E-state index contributed by atoms with van der Waals surface area (Å²) in [5.41, 5.74) is 4.61. The predicted molar refractivity (Wildman–Crippen MR) is 87.9 cm³/mol. The highest BCUT2D eigenvalue weighted by molar-refractivity contribution is 7.99. The largest absolute Gasteiger partial charge is 0.462 e. The van der Waals surface area contributed by atoms with Crippen LogP contribution in [0.1, 0.15) is 30.5 Å². The normalized spacial score (nSPS) is 11.1. The van der Waals surface area contributed by atoms with E-state index < -0.39 is 0 Å². The second-order valence-electron chi connectivity index (χ2n) is 5.58. The van der Waals surface area contributed by atoms with Gasteiger partial charge in [0.25, 0.3) is 0 Å². The van der Waals surface area contributed by atoms with Crippen molar-refractivity contribution in [2.75, 3.05) is 5.75 Å². The summed E-state index contributed by atoms with van der Waals surface area (Å²) in [7, 11) is 0. The van der Waals surface area contributed by atoms with Crippen LogP contribution in [-0.2, 0) is 9.53 Å². The number of benzene rings is 1. The Bertz CT molecular complexity index is 680. The molecule has 0 aliphatic rings. The molecule has 2 rings (SSSR count). The number of esters is 1. The molecule has 0 atom stereocenters. The van der Waals surface area contributed by atoms with Crippen LogP contribution in [0.3, 0.4) is 0 Å². The van der Waals surface area contributed by atoms with Crippen molar-refractivity contribution in [3.63, 3.8) is 0 Å². The van der Waals surface area contributed by atoms with E-state index in [9.17, 15) is 4.79 Å². The molecule has 0 aliphatic heterocycles. The van der Waals surface area contributed by atoms with E-state index in [1.807, 2.05) is 19.9 Å². The summed E-state index contributed by atoms with van der Waals surface area (Å²) >= 11 is 1.43. The van der Waals surface area contributed by atoms with E-state index in [1.165, 1.54) is 33.8 Å². The van der Waals surface area contributed by atoms with Crippen molar-refractivity contribution < 1.29 is 9.53 Å². The first-order valence-corrected chi connectivity index (χ1v) is 8.06. The SMILES string of the molecule is Cc1cc(C)c2nc(SCC(=O)OC(C)C)cc(C)c2c1. The molecule has 3 nitrogen and oxygen atoms in total. The molecule has 0 fully saturated rings. The highest BCUT2D eigenvalue weighted by Gasteiger charge is 2.10. The monoisotopic (exact) mass is 303 g/mol. The summed E-state index contributed by atoms with van der Waals surface area (Å²) < 4.78 is 5.14. The standard InChI is InChI=1S/C17H21NO2S/c1-10(2)20-16(19)9-21-15-8-12(4)14-7-11(3)6-13(5)17(14)18-15/h6-8,10H,9H2,1-5H3. The predicted octanol–water partition coefficient (Wildman–Crippen LogP) is 4.20. The summed E-state index contributed by atoms with van der Waals surface area (Å²) in [5.74, 6) is 0.0938. The second-order valence-corrected chi connectivity index (χ2v) is 6.58. The summed E-state index contributed by atoms with van der Waals surface area (Å²) in [6.07, 6.45) is -0.0744. The number of rotatable bonds is 4. The number of carbonyl (C=O) groups is 1. The third-order valence-corrected chi connectivity index (χ3v) is 4.02. The fourth-order valence-corrected chi connectivity index (χ4v) is 3.07. The zero-order chi connectivity index (χ0) is 15.6. The van der Waals surface area contributed by atoms with Gasteiger partial charge in [0.05, 0.1) is 22.4 Å². The molecule has 1 heterocycles. The van der Waals surface area contributed by atoms with Crippen LogP contribution >= 0.6 is 11.8 Å².